The van der Waals surface area contributed by atoms with Crippen LogP contribution in [-0.4, -0.2) is 57.3 Å². The number of ether oxygens (including phenoxy) is 2. The van der Waals surface area contributed by atoms with Gasteiger partial charge in [-0.25, -0.2) is 14.5 Å². The number of fused-ring (bicyclic) bond motifs is 1. The molecule has 2 aliphatic rings. The zero-order valence-electron chi connectivity index (χ0n) is 18.7. The number of urea groups is 1. The Hall–Kier alpha value is -4.12. The van der Waals surface area contributed by atoms with Crippen LogP contribution < -0.4 is 20.1 Å². The van der Waals surface area contributed by atoms with Gasteiger partial charge in [-0.2, -0.15) is 5.10 Å². The molecule has 35 heavy (non-hydrogen) atoms. The van der Waals surface area contributed by atoms with Crippen molar-refractivity contribution < 1.29 is 23.9 Å². The van der Waals surface area contributed by atoms with Crippen molar-refractivity contribution in [1.29, 1.82) is 0 Å². The van der Waals surface area contributed by atoms with E-state index in [1.165, 1.54) is 17.3 Å². The molecule has 2 N–H and O–H groups in total. The Labute approximate surface area is 205 Å². The van der Waals surface area contributed by atoms with Gasteiger partial charge in [-0.1, -0.05) is 17.7 Å². The summed E-state index contributed by atoms with van der Waals surface area (Å²) >= 11 is 6.10. The molecule has 11 nitrogen and oxygen atoms in total. The van der Waals surface area contributed by atoms with Crippen molar-refractivity contribution in [3.05, 3.63) is 59.6 Å². The van der Waals surface area contributed by atoms with Crippen molar-refractivity contribution >= 4 is 35.1 Å². The van der Waals surface area contributed by atoms with Crippen molar-refractivity contribution in [3.8, 4) is 17.2 Å². The number of benzene rings is 2. The summed E-state index contributed by atoms with van der Waals surface area (Å²) in [5.74, 6) is -0.0663. The molecule has 1 aromatic heterocycles. The average Bonchev–Trinajstić information content (AvgIpc) is 3.34. The maximum Gasteiger partial charge on any atom is 0.325 e. The van der Waals surface area contributed by atoms with E-state index in [9.17, 15) is 14.4 Å². The molecule has 0 aliphatic carbocycles. The number of rotatable bonds is 5. The second-order valence-corrected chi connectivity index (χ2v) is 8.64. The molecule has 12 heteroatoms. The maximum absolute atomic E-state index is 13.3. The molecule has 180 valence electrons. The Morgan fingerprint density at radius 1 is 1.17 bits per heavy atom. The van der Waals surface area contributed by atoms with Crippen LogP contribution in [0.25, 0.3) is 5.69 Å². The number of hydrogen-bond donors (Lipinski definition) is 2. The monoisotopic (exact) mass is 496 g/mol. The van der Waals surface area contributed by atoms with Gasteiger partial charge in [0.25, 0.3) is 5.91 Å². The zero-order valence-corrected chi connectivity index (χ0v) is 19.4. The highest BCUT2D eigenvalue weighted by Gasteiger charge is 2.49. The summed E-state index contributed by atoms with van der Waals surface area (Å²) in [6, 6.07) is 9.27. The van der Waals surface area contributed by atoms with Gasteiger partial charge in [0.15, 0.2) is 11.5 Å². The van der Waals surface area contributed by atoms with E-state index < -0.39 is 29.9 Å². The molecule has 0 radical (unpaired) electrons. The number of nitrogens with zero attached hydrogens (tertiary/aromatic N) is 4. The summed E-state index contributed by atoms with van der Waals surface area (Å²) in [4.78, 5) is 43.7. The van der Waals surface area contributed by atoms with Crippen LogP contribution in [0.1, 0.15) is 18.9 Å². The first-order chi connectivity index (χ1) is 16.8. The number of hydrogen-bond acceptors (Lipinski definition) is 7. The fourth-order valence-corrected chi connectivity index (χ4v) is 4.16. The van der Waals surface area contributed by atoms with Crippen LogP contribution in [0.4, 0.5) is 10.5 Å². The van der Waals surface area contributed by atoms with Crippen LogP contribution in [0.2, 0.25) is 5.02 Å². The number of aromatic nitrogens is 3. The molecule has 4 amide bonds. The second kappa shape index (κ2) is 8.91. The number of anilines is 1. The first-order valence-electron chi connectivity index (χ1n) is 10.8. The second-order valence-electron chi connectivity index (χ2n) is 8.21. The van der Waals surface area contributed by atoms with Gasteiger partial charge < -0.3 is 20.1 Å². The van der Waals surface area contributed by atoms with E-state index in [4.69, 9.17) is 21.1 Å². The summed E-state index contributed by atoms with van der Waals surface area (Å²) in [5.41, 5.74) is 0.0239. The van der Waals surface area contributed by atoms with Gasteiger partial charge in [0.05, 0.1) is 24.6 Å². The summed E-state index contributed by atoms with van der Waals surface area (Å²) in [6.45, 7) is 2.12. The molecule has 0 unspecified atom stereocenters. The fourth-order valence-electron chi connectivity index (χ4n) is 3.98. The Kier molecular flexibility index (Phi) is 5.77. The molecule has 0 saturated carbocycles. The summed E-state index contributed by atoms with van der Waals surface area (Å²) < 4.78 is 12.8. The third-order valence-electron chi connectivity index (χ3n) is 5.80. The number of halogens is 1. The molecule has 1 saturated heterocycles. The maximum atomic E-state index is 13.3. The minimum absolute atomic E-state index is 0.353. The molecule has 0 spiro atoms. The van der Waals surface area contributed by atoms with Crippen LogP contribution in [-0.2, 0) is 15.1 Å². The third kappa shape index (κ3) is 4.26. The van der Waals surface area contributed by atoms with Gasteiger partial charge in [0.2, 0.25) is 5.91 Å². The minimum atomic E-state index is -1.37. The molecule has 2 aliphatic heterocycles. The van der Waals surface area contributed by atoms with E-state index in [0.717, 1.165) is 11.3 Å². The van der Waals surface area contributed by atoms with Gasteiger partial charge in [-0.15, -0.1) is 0 Å². The summed E-state index contributed by atoms with van der Waals surface area (Å²) in [7, 11) is 0. The standard InChI is InChI=1S/C23H21ClN6O5/c1-23(14-3-6-18-19(9-14)35-8-2-7-34-18)21(32)29(22(33)28-23)11-20(31)27-16-10-15(24)4-5-17(16)30-13-25-12-26-30/h3-6,9-10,12-13H,2,7-8,11H2,1H3,(H,27,31)(H,28,33)/t23-/m1/s1. The van der Waals surface area contributed by atoms with Crippen molar-refractivity contribution in [2.24, 2.45) is 0 Å². The molecule has 1 atom stereocenters. The van der Waals surface area contributed by atoms with E-state index >= 15 is 0 Å². The molecule has 3 aromatic rings. The predicted octanol–water partition coefficient (Wildman–Crippen LogP) is 2.49. The molecular formula is C23H21ClN6O5. The lowest BCUT2D eigenvalue weighted by Crippen LogP contribution is -2.42. The highest BCUT2D eigenvalue weighted by atomic mass is 35.5. The van der Waals surface area contributed by atoms with E-state index in [1.54, 1.807) is 43.3 Å². The Morgan fingerprint density at radius 2 is 1.97 bits per heavy atom. The van der Waals surface area contributed by atoms with Crippen molar-refractivity contribution in [3.63, 3.8) is 0 Å². The molecule has 5 rings (SSSR count). The van der Waals surface area contributed by atoms with Crippen LogP contribution in [0.3, 0.4) is 0 Å². The Balaban J connectivity index is 1.35. The highest BCUT2D eigenvalue weighted by molar-refractivity contribution is 6.31. The summed E-state index contributed by atoms with van der Waals surface area (Å²) in [5, 5.41) is 9.85. The summed E-state index contributed by atoms with van der Waals surface area (Å²) in [6.07, 6.45) is 3.57. The van der Waals surface area contributed by atoms with Crippen LogP contribution >= 0.6 is 11.6 Å². The molecular weight excluding hydrogens is 476 g/mol. The minimum Gasteiger partial charge on any atom is -0.490 e. The van der Waals surface area contributed by atoms with Gasteiger partial charge in [-0.05, 0) is 42.8 Å². The Bertz CT molecular complexity index is 1310. The lowest BCUT2D eigenvalue weighted by atomic mass is 9.91. The fraction of sp³-hybridized carbons (Fsp3) is 0.261. The molecule has 0 bridgehead atoms. The number of amides is 4. The van der Waals surface area contributed by atoms with Crippen LogP contribution in [0.5, 0.6) is 11.5 Å². The first-order valence-corrected chi connectivity index (χ1v) is 11.2. The molecule has 1 fully saturated rings. The van der Waals surface area contributed by atoms with Crippen molar-refractivity contribution in [2.75, 3.05) is 25.1 Å². The number of nitrogens with one attached hydrogen (secondary N) is 2. The molecule has 3 heterocycles. The van der Waals surface area contributed by atoms with Gasteiger partial charge in [0, 0.05) is 11.4 Å². The van der Waals surface area contributed by atoms with Crippen LogP contribution in [0.15, 0.2) is 49.1 Å². The third-order valence-corrected chi connectivity index (χ3v) is 6.03. The SMILES string of the molecule is C[C@]1(c2ccc3c(c2)OCCCO3)NC(=O)N(CC(=O)Nc2cc(Cl)ccc2-n2cncn2)C1=O. The average molecular weight is 497 g/mol. The van der Waals surface area contributed by atoms with Gasteiger partial charge >= 0.3 is 6.03 Å². The molecule has 2 aromatic carbocycles. The highest BCUT2D eigenvalue weighted by Crippen LogP contribution is 2.36. The topological polar surface area (TPSA) is 128 Å². The lowest BCUT2D eigenvalue weighted by molar-refractivity contribution is -0.133. The lowest BCUT2D eigenvalue weighted by Gasteiger charge is -2.23. The zero-order chi connectivity index (χ0) is 24.6. The van der Waals surface area contributed by atoms with Gasteiger partial charge in [-0.3, -0.25) is 14.5 Å². The van der Waals surface area contributed by atoms with Crippen molar-refractivity contribution in [1.82, 2.24) is 25.0 Å². The van der Waals surface area contributed by atoms with Gasteiger partial charge in [0.1, 0.15) is 24.7 Å². The Morgan fingerprint density at radius 3 is 2.74 bits per heavy atom. The van der Waals surface area contributed by atoms with E-state index in [1.807, 2.05) is 0 Å². The van der Waals surface area contributed by atoms with E-state index in [0.29, 0.717) is 46.7 Å². The number of carbonyl (C=O) groups excluding carboxylic acids is 3. The van der Waals surface area contributed by atoms with Crippen molar-refractivity contribution in [2.45, 2.75) is 18.9 Å². The largest absolute Gasteiger partial charge is 0.490 e. The number of carbonyl (C=O) groups is 3. The predicted molar refractivity (Wildman–Crippen MR) is 125 cm³/mol. The van der Waals surface area contributed by atoms with E-state index in [-0.39, 0.29) is 0 Å². The normalized spacial score (nSPS) is 19.3. The quantitative estimate of drug-likeness (QED) is 0.519. The van der Waals surface area contributed by atoms with Crippen LogP contribution in [0, 0.1) is 0 Å². The first kappa shape index (κ1) is 22.7. The number of imide groups is 1. The van der Waals surface area contributed by atoms with E-state index in [2.05, 4.69) is 20.7 Å². The smallest absolute Gasteiger partial charge is 0.325 e.